The smallest absolute Gasteiger partial charge is 0.332 e. The monoisotopic (exact) mass is 293 g/mol. The Balaban J connectivity index is 1.73. The van der Waals surface area contributed by atoms with Gasteiger partial charge >= 0.3 is 5.97 Å². The number of carboxylic acids is 1. The Kier molecular flexibility index (Phi) is 5.16. The van der Waals surface area contributed by atoms with Crippen LogP contribution in [0, 0.1) is 0 Å². The maximum atomic E-state index is 11.9. The van der Waals surface area contributed by atoms with Crippen molar-refractivity contribution in [2.45, 2.75) is 31.5 Å². The van der Waals surface area contributed by atoms with Crippen LogP contribution < -0.4 is 10.1 Å². The molecule has 1 fully saturated rings. The summed E-state index contributed by atoms with van der Waals surface area (Å²) in [6.45, 7) is 0.489. The van der Waals surface area contributed by atoms with E-state index in [-0.39, 0.29) is 5.91 Å². The topological polar surface area (TPSA) is 84.9 Å². The molecule has 1 aliphatic rings. The summed E-state index contributed by atoms with van der Waals surface area (Å²) in [4.78, 5) is 22.6. The Morgan fingerprint density at radius 1 is 1.29 bits per heavy atom. The van der Waals surface area contributed by atoms with Crippen molar-refractivity contribution in [3.8, 4) is 5.75 Å². The van der Waals surface area contributed by atoms with Crippen LogP contribution in [-0.2, 0) is 20.7 Å². The lowest BCUT2D eigenvalue weighted by molar-refractivity contribution is -0.151. The minimum atomic E-state index is -1.01. The first kappa shape index (κ1) is 15.3. The Morgan fingerprint density at radius 2 is 1.95 bits per heavy atom. The zero-order valence-electron chi connectivity index (χ0n) is 11.9. The fourth-order valence-corrected chi connectivity index (χ4v) is 2.25. The van der Waals surface area contributed by atoms with Crippen molar-refractivity contribution in [3.05, 3.63) is 29.8 Å². The second-order valence-corrected chi connectivity index (χ2v) is 4.92. The first-order valence-corrected chi connectivity index (χ1v) is 6.89. The third-order valence-corrected chi connectivity index (χ3v) is 3.46. The van der Waals surface area contributed by atoms with Gasteiger partial charge in [0, 0.05) is 6.54 Å². The number of ether oxygens (including phenoxy) is 2. The summed E-state index contributed by atoms with van der Waals surface area (Å²) in [5, 5.41) is 11.6. The van der Waals surface area contributed by atoms with Crippen molar-refractivity contribution in [2.75, 3.05) is 13.7 Å². The van der Waals surface area contributed by atoms with Gasteiger partial charge in [-0.15, -0.1) is 0 Å². The maximum Gasteiger partial charge on any atom is 0.332 e. The van der Waals surface area contributed by atoms with Gasteiger partial charge in [-0.05, 0) is 37.0 Å². The number of carbonyl (C=O) groups excluding carboxylic acids is 1. The molecule has 0 aromatic heterocycles. The van der Waals surface area contributed by atoms with Gasteiger partial charge in [-0.25, -0.2) is 4.79 Å². The molecule has 21 heavy (non-hydrogen) atoms. The highest BCUT2D eigenvalue weighted by Crippen LogP contribution is 2.19. The fourth-order valence-electron chi connectivity index (χ4n) is 2.25. The van der Waals surface area contributed by atoms with Crippen LogP contribution in [0.2, 0.25) is 0 Å². The van der Waals surface area contributed by atoms with Gasteiger partial charge in [-0.1, -0.05) is 12.1 Å². The van der Waals surface area contributed by atoms with Gasteiger partial charge in [0.25, 0.3) is 0 Å². The molecule has 2 rings (SSSR count). The van der Waals surface area contributed by atoms with Crippen molar-refractivity contribution >= 4 is 11.9 Å². The number of hydrogen-bond donors (Lipinski definition) is 2. The number of carboxylic acid groups (broad SMARTS) is 1. The van der Waals surface area contributed by atoms with E-state index in [2.05, 4.69) is 5.32 Å². The molecule has 0 radical (unpaired) electrons. The lowest BCUT2D eigenvalue weighted by atomic mass is 10.1. The van der Waals surface area contributed by atoms with E-state index in [1.165, 1.54) is 0 Å². The summed E-state index contributed by atoms with van der Waals surface area (Å²) in [5.41, 5.74) is 1.09. The van der Waals surface area contributed by atoms with Gasteiger partial charge < -0.3 is 19.9 Å². The predicted molar refractivity (Wildman–Crippen MR) is 75.2 cm³/mol. The molecule has 1 heterocycles. The Morgan fingerprint density at radius 3 is 2.52 bits per heavy atom. The SMILES string of the molecule is COc1ccc(CCNC(=O)C2CCC(C(=O)O)O2)cc1. The van der Waals surface area contributed by atoms with Crippen molar-refractivity contribution in [1.29, 1.82) is 0 Å². The number of hydrogen-bond acceptors (Lipinski definition) is 4. The highest BCUT2D eigenvalue weighted by Gasteiger charge is 2.34. The van der Waals surface area contributed by atoms with Crippen LogP contribution >= 0.6 is 0 Å². The van der Waals surface area contributed by atoms with E-state index in [0.29, 0.717) is 25.8 Å². The molecule has 1 aromatic carbocycles. The zero-order chi connectivity index (χ0) is 15.2. The van der Waals surface area contributed by atoms with E-state index in [4.69, 9.17) is 14.6 Å². The molecule has 0 spiro atoms. The summed E-state index contributed by atoms with van der Waals surface area (Å²) in [6, 6.07) is 7.62. The quantitative estimate of drug-likeness (QED) is 0.817. The number of aliphatic carboxylic acids is 1. The van der Waals surface area contributed by atoms with Gasteiger partial charge in [-0.3, -0.25) is 4.79 Å². The number of methoxy groups -OCH3 is 1. The summed E-state index contributed by atoms with van der Waals surface area (Å²) in [6.07, 6.45) is 0.0199. The number of carbonyl (C=O) groups is 2. The highest BCUT2D eigenvalue weighted by atomic mass is 16.5. The lowest BCUT2D eigenvalue weighted by Gasteiger charge is -2.11. The van der Waals surface area contributed by atoms with E-state index in [9.17, 15) is 9.59 Å². The van der Waals surface area contributed by atoms with Gasteiger partial charge in [0.15, 0.2) is 6.10 Å². The third-order valence-electron chi connectivity index (χ3n) is 3.46. The molecule has 0 bridgehead atoms. The van der Waals surface area contributed by atoms with Crippen LogP contribution in [0.3, 0.4) is 0 Å². The minimum absolute atomic E-state index is 0.243. The Hall–Kier alpha value is -2.08. The first-order chi connectivity index (χ1) is 10.1. The fraction of sp³-hybridized carbons (Fsp3) is 0.467. The Labute approximate surface area is 123 Å². The highest BCUT2D eigenvalue weighted by molar-refractivity contribution is 5.82. The number of benzene rings is 1. The van der Waals surface area contributed by atoms with E-state index >= 15 is 0 Å². The molecule has 0 saturated carbocycles. The van der Waals surface area contributed by atoms with Gasteiger partial charge in [0.1, 0.15) is 11.9 Å². The summed E-state index contributed by atoms with van der Waals surface area (Å²) < 4.78 is 10.3. The number of nitrogens with one attached hydrogen (secondary N) is 1. The first-order valence-electron chi connectivity index (χ1n) is 6.89. The predicted octanol–water partition coefficient (Wildman–Crippen LogP) is 0.986. The molecule has 1 saturated heterocycles. The molecule has 6 nitrogen and oxygen atoms in total. The zero-order valence-corrected chi connectivity index (χ0v) is 11.9. The van der Waals surface area contributed by atoms with Crippen LogP contribution in [0.25, 0.3) is 0 Å². The van der Waals surface area contributed by atoms with Gasteiger partial charge in [0.05, 0.1) is 7.11 Å². The van der Waals surface area contributed by atoms with Crippen molar-refractivity contribution in [1.82, 2.24) is 5.32 Å². The van der Waals surface area contributed by atoms with Crippen molar-refractivity contribution in [2.24, 2.45) is 0 Å². The van der Waals surface area contributed by atoms with Crippen LogP contribution in [0.15, 0.2) is 24.3 Å². The van der Waals surface area contributed by atoms with E-state index < -0.39 is 18.2 Å². The molecule has 2 N–H and O–H groups in total. The molecule has 2 atom stereocenters. The van der Waals surface area contributed by atoms with Gasteiger partial charge in [-0.2, -0.15) is 0 Å². The van der Waals surface area contributed by atoms with E-state index in [1.807, 2.05) is 24.3 Å². The molecule has 1 amide bonds. The second-order valence-electron chi connectivity index (χ2n) is 4.92. The van der Waals surface area contributed by atoms with E-state index in [1.54, 1.807) is 7.11 Å². The third kappa shape index (κ3) is 4.19. The second kappa shape index (κ2) is 7.08. The van der Waals surface area contributed by atoms with Crippen molar-refractivity contribution < 1.29 is 24.2 Å². The maximum absolute atomic E-state index is 11.9. The Bertz CT molecular complexity index is 499. The summed E-state index contributed by atoms with van der Waals surface area (Å²) >= 11 is 0. The molecule has 2 unspecified atom stereocenters. The minimum Gasteiger partial charge on any atom is -0.497 e. The lowest BCUT2D eigenvalue weighted by Crippen LogP contribution is -2.36. The molecular formula is C15H19NO5. The molecule has 1 aromatic rings. The number of amides is 1. The molecule has 1 aliphatic heterocycles. The molecule has 0 aliphatic carbocycles. The molecular weight excluding hydrogens is 274 g/mol. The average Bonchev–Trinajstić information content (AvgIpc) is 2.98. The van der Waals surface area contributed by atoms with Crippen LogP contribution in [-0.4, -0.2) is 42.8 Å². The van der Waals surface area contributed by atoms with E-state index in [0.717, 1.165) is 11.3 Å². The van der Waals surface area contributed by atoms with Crippen LogP contribution in [0.1, 0.15) is 18.4 Å². The largest absolute Gasteiger partial charge is 0.497 e. The molecule has 6 heteroatoms. The van der Waals surface area contributed by atoms with Crippen LogP contribution in [0.5, 0.6) is 5.75 Å². The summed E-state index contributed by atoms with van der Waals surface area (Å²) in [7, 11) is 1.61. The average molecular weight is 293 g/mol. The molecule has 114 valence electrons. The summed E-state index contributed by atoms with van der Waals surface area (Å²) in [5.74, 6) is -0.461. The van der Waals surface area contributed by atoms with Crippen LogP contribution in [0.4, 0.5) is 0 Å². The number of rotatable bonds is 6. The van der Waals surface area contributed by atoms with Gasteiger partial charge in [0.2, 0.25) is 5.91 Å². The normalized spacial score (nSPS) is 21.0. The standard InChI is InChI=1S/C15H19NO5/c1-20-11-4-2-10(3-5-11)8-9-16-14(17)12-6-7-13(21-12)15(18)19/h2-5,12-13H,6-9H2,1H3,(H,16,17)(H,18,19). The van der Waals surface area contributed by atoms with Crippen molar-refractivity contribution in [3.63, 3.8) is 0 Å².